The highest BCUT2D eigenvalue weighted by atomic mass is 16.5. The second kappa shape index (κ2) is 5.80. The van der Waals surface area contributed by atoms with Crippen LogP contribution >= 0.6 is 0 Å². The zero-order chi connectivity index (χ0) is 16.7. The van der Waals surface area contributed by atoms with E-state index in [0.29, 0.717) is 6.54 Å². The fourth-order valence-electron chi connectivity index (χ4n) is 3.25. The Morgan fingerprint density at radius 3 is 2.96 bits per heavy atom. The van der Waals surface area contributed by atoms with Crippen LogP contribution in [0.2, 0.25) is 0 Å². The standard InChI is InChI=1S/C20H19NO3/c1-12-8-13(2-5-19(12)24-7-6-22)11-21-20(23)16-4-3-15-17-9-14(17)10-18(15)16/h2-5,8,10,22H,6-7,9,11H2,1H3,(H,21,23). The number of hydrogen-bond donors (Lipinski definition) is 2. The first kappa shape index (κ1) is 15.0. The third-order valence-corrected chi connectivity index (χ3v) is 4.56. The van der Waals surface area contributed by atoms with Gasteiger partial charge in [-0.25, -0.2) is 0 Å². The first-order valence-electron chi connectivity index (χ1n) is 8.15. The minimum Gasteiger partial charge on any atom is -0.491 e. The van der Waals surface area contributed by atoms with Gasteiger partial charge in [0.15, 0.2) is 0 Å². The fraction of sp³-hybridized carbons (Fsp3) is 0.250. The molecule has 122 valence electrons. The van der Waals surface area contributed by atoms with Crippen LogP contribution in [0.4, 0.5) is 0 Å². The molecule has 2 N–H and O–H groups in total. The van der Waals surface area contributed by atoms with Crippen molar-refractivity contribution in [2.24, 2.45) is 0 Å². The van der Waals surface area contributed by atoms with Gasteiger partial charge in [0, 0.05) is 12.1 Å². The van der Waals surface area contributed by atoms with Crippen molar-refractivity contribution in [3.05, 3.63) is 75.4 Å². The normalized spacial score (nSPS) is 17.0. The lowest BCUT2D eigenvalue weighted by molar-refractivity contribution is -0.117. The van der Waals surface area contributed by atoms with E-state index < -0.39 is 0 Å². The highest BCUT2D eigenvalue weighted by Gasteiger charge is 2.36. The Labute approximate surface area is 140 Å². The number of ether oxygens (including phenoxy) is 1. The van der Waals surface area contributed by atoms with Gasteiger partial charge in [-0.2, -0.15) is 0 Å². The highest BCUT2D eigenvalue weighted by molar-refractivity contribution is 6.03. The van der Waals surface area contributed by atoms with Gasteiger partial charge in [0.1, 0.15) is 12.4 Å². The number of fused-ring (bicyclic) bond motifs is 2. The van der Waals surface area contributed by atoms with Crippen LogP contribution < -0.4 is 10.1 Å². The van der Waals surface area contributed by atoms with Crippen LogP contribution in [0, 0.1) is 6.92 Å². The maximum Gasteiger partial charge on any atom is 0.252 e. The molecule has 0 saturated carbocycles. The Morgan fingerprint density at radius 1 is 1.29 bits per heavy atom. The molecule has 4 heteroatoms. The van der Waals surface area contributed by atoms with Gasteiger partial charge >= 0.3 is 0 Å². The van der Waals surface area contributed by atoms with Crippen LogP contribution in [-0.2, 0) is 11.3 Å². The lowest BCUT2D eigenvalue weighted by Crippen LogP contribution is -2.24. The van der Waals surface area contributed by atoms with Gasteiger partial charge in [0.25, 0.3) is 5.91 Å². The molecule has 0 atom stereocenters. The largest absolute Gasteiger partial charge is 0.491 e. The molecule has 0 unspecified atom stereocenters. The van der Waals surface area contributed by atoms with E-state index in [0.717, 1.165) is 34.4 Å². The third kappa shape index (κ3) is 2.59. The van der Waals surface area contributed by atoms with Crippen molar-refractivity contribution in [3.63, 3.8) is 0 Å². The van der Waals surface area contributed by atoms with Crippen molar-refractivity contribution in [2.45, 2.75) is 19.9 Å². The molecule has 1 aromatic carbocycles. The summed E-state index contributed by atoms with van der Waals surface area (Å²) in [6.07, 6.45) is 7.18. The van der Waals surface area contributed by atoms with Crippen molar-refractivity contribution < 1.29 is 14.6 Å². The quantitative estimate of drug-likeness (QED) is 0.846. The Morgan fingerprint density at radius 2 is 2.17 bits per heavy atom. The molecular weight excluding hydrogens is 302 g/mol. The van der Waals surface area contributed by atoms with Crippen molar-refractivity contribution in [2.75, 3.05) is 13.2 Å². The van der Waals surface area contributed by atoms with E-state index >= 15 is 0 Å². The molecule has 1 aromatic rings. The number of benzene rings is 1. The summed E-state index contributed by atoms with van der Waals surface area (Å²) in [6, 6.07) is 5.80. The molecular formula is C20H19NO3. The summed E-state index contributed by atoms with van der Waals surface area (Å²) >= 11 is 0. The van der Waals surface area contributed by atoms with Gasteiger partial charge in [0.2, 0.25) is 0 Å². The van der Waals surface area contributed by atoms with Crippen molar-refractivity contribution >= 4 is 5.91 Å². The summed E-state index contributed by atoms with van der Waals surface area (Å²) in [4.78, 5) is 12.5. The molecule has 0 radical (unpaired) electrons. The molecule has 1 amide bonds. The monoisotopic (exact) mass is 321 g/mol. The summed E-state index contributed by atoms with van der Waals surface area (Å²) < 4.78 is 5.44. The molecule has 0 aliphatic heterocycles. The third-order valence-electron chi connectivity index (χ3n) is 4.56. The number of nitrogens with one attached hydrogen (secondary N) is 1. The number of aliphatic hydroxyl groups is 1. The SMILES string of the molecule is Cc1cc(CNC(=O)C2=CC=C3C2=CC2=C3C2)ccc1OCCO. The molecule has 0 heterocycles. The number of hydrogen-bond acceptors (Lipinski definition) is 3. The van der Waals surface area contributed by atoms with Crippen molar-refractivity contribution in [1.29, 1.82) is 0 Å². The van der Waals surface area contributed by atoms with Crippen LogP contribution in [-0.4, -0.2) is 24.2 Å². The first-order chi connectivity index (χ1) is 11.7. The zero-order valence-corrected chi connectivity index (χ0v) is 13.6. The maximum absolute atomic E-state index is 12.5. The maximum atomic E-state index is 12.5. The van der Waals surface area contributed by atoms with Crippen LogP contribution in [0.1, 0.15) is 17.5 Å². The summed E-state index contributed by atoms with van der Waals surface area (Å²) in [7, 11) is 0. The Balaban J connectivity index is 1.36. The number of aliphatic hydroxyl groups excluding tert-OH is 1. The van der Waals surface area contributed by atoms with E-state index in [1.165, 1.54) is 16.7 Å². The Bertz CT molecular complexity index is 856. The fourth-order valence-corrected chi connectivity index (χ4v) is 3.25. The number of rotatable bonds is 6. The van der Waals surface area contributed by atoms with Crippen LogP contribution in [0.25, 0.3) is 0 Å². The minimum absolute atomic E-state index is 0.00345. The second-order valence-electron chi connectivity index (χ2n) is 6.25. The lowest BCUT2D eigenvalue weighted by atomic mass is 10.0. The van der Waals surface area contributed by atoms with Gasteiger partial charge in [-0.3, -0.25) is 4.79 Å². The van der Waals surface area contributed by atoms with E-state index in [1.54, 1.807) is 0 Å². The van der Waals surface area contributed by atoms with Gasteiger partial charge < -0.3 is 15.2 Å². The zero-order valence-electron chi connectivity index (χ0n) is 13.6. The van der Waals surface area contributed by atoms with Crippen LogP contribution in [0.5, 0.6) is 5.75 Å². The van der Waals surface area contributed by atoms with E-state index in [2.05, 4.69) is 11.4 Å². The van der Waals surface area contributed by atoms with E-state index in [4.69, 9.17) is 9.84 Å². The molecule has 0 saturated heterocycles. The predicted molar refractivity (Wildman–Crippen MR) is 91.5 cm³/mol. The average molecular weight is 321 g/mol. The topological polar surface area (TPSA) is 58.6 Å². The predicted octanol–water partition coefficient (Wildman–Crippen LogP) is 2.49. The van der Waals surface area contributed by atoms with Crippen LogP contribution in [0.3, 0.4) is 0 Å². The average Bonchev–Trinajstić information content (AvgIpc) is 3.06. The van der Waals surface area contributed by atoms with Crippen LogP contribution in [0.15, 0.2) is 64.3 Å². The molecule has 0 spiro atoms. The number of carbonyl (C=O) groups is 1. The molecule has 0 fully saturated rings. The molecule has 0 aromatic heterocycles. The van der Waals surface area contributed by atoms with Crippen molar-refractivity contribution in [3.8, 4) is 5.75 Å². The summed E-state index contributed by atoms with van der Waals surface area (Å²) in [5.41, 5.74) is 7.87. The second-order valence-corrected chi connectivity index (χ2v) is 6.25. The van der Waals surface area contributed by atoms with Gasteiger partial charge in [-0.1, -0.05) is 18.2 Å². The summed E-state index contributed by atoms with van der Waals surface area (Å²) in [6.45, 7) is 2.72. The Kier molecular flexibility index (Phi) is 3.62. The molecule has 4 rings (SSSR count). The van der Waals surface area contributed by atoms with Crippen molar-refractivity contribution in [1.82, 2.24) is 5.32 Å². The number of allylic oxidation sites excluding steroid dienone is 6. The summed E-state index contributed by atoms with van der Waals surface area (Å²) in [5, 5.41) is 11.8. The molecule has 24 heavy (non-hydrogen) atoms. The van der Waals surface area contributed by atoms with E-state index in [1.807, 2.05) is 37.3 Å². The van der Waals surface area contributed by atoms with Gasteiger partial charge in [-0.05, 0) is 65.0 Å². The highest BCUT2D eigenvalue weighted by Crippen LogP contribution is 2.51. The van der Waals surface area contributed by atoms with E-state index in [-0.39, 0.29) is 19.1 Å². The number of amides is 1. The molecule has 4 nitrogen and oxygen atoms in total. The number of aryl methyl sites for hydroxylation is 1. The Hall–Kier alpha value is -2.59. The van der Waals surface area contributed by atoms with Gasteiger partial charge in [0.05, 0.1) is 6.61 Å². The van der Waals surface area contributed by atoms with Gasteiger partial charge in [-0.15, -0.1) is 0 Å². The minimum atomic E-state index is -0.0340. The first-order valence-corrected chi connectivity index (χ1v) is 8.15. The molecule has 3 aliphatic carbocycles. The van der Waals surface area contributed by atoms with E-state index in [9.17, 15) is 4.79 Å². The molecule has 0 bridgehead atoms. The summed E-state index contributed by atoms with van der Waals surface area (Å²) in [5.74, 6) is 0.726. The number of carbonyl (C=O) groups excluding carboxylic acids is 1. The smallest absolute Gasteiger partial charge is 0.252 e. The lowest BCUT2D eigenvalue weighted by Gasteiger charge is -2.12. The molecule has 3 aliphatic rings.